The summed E-state index contributed by atoms with van der Waals surface area (Å²) in [4.78, 5) is 37.9. The van der Waals surface area contributed by atoms with Crippen LogP contribution in [0.3, 0.4) is 0 Å². The molecule has 27 heavy (non-hydrogen) atoms. The number of rotatable bonds is 5. The van der Waals surface area contributed by atoms with Crippen molar-refractivity contribution in [3.8, 4) is 0 Å². The summed E-state index contributed by atoms with van der Waals surface area (Å²) in [6, 6.07) is 6.62. The third kappa shape index (κ3) is 3.80. The van der Waals surface area contributed by atoms with E-state index in [-0.39, 0.29) is 18.2 Å². The van der Waals surface area contributed by atoms with E-state index in [1.54, 1.807) is 6.07 Å². The predicted molar refractivity (Wildman–Crippen MR) is 106 cm³/mol. The first kappa shape index (κ1) is 18.9. The second-order valence-electron chi connectivity index (χ2n) is 6.17. The SMILES string of the molecule is CCc1c(C)sc(NC(=O)C[C@H]2Nc3ccccc3NC2=O)c1C(=O)OC. The molecule has 1 aliphatic heterocycles. The Labute approximate surface area is 161 Å². The molecule has 0 saturated carbocycles. The number of anilines is 3. The molecule has 2 heterocycles. The van der Waals surface area contributed by atoms with Crippen molar-refractivity contribution in [1.82, 2.24) is 0 Å². The number of ether oxygens (including phenoxy) is 1. The van der Waals surface area contributed by atoms with Crippen molar-refractivity contribution in [3.63, 3.8) is 0 Å². The molecule has 142 valence electrons. The highest BCUT2D eigenvalue weighted by Gasteiger charge is 2.29. The molecule has 0 fully saturated rings. The molecule has 0 bridgehead atoms. The summed E-state index contributed by atoms with van der Waals surface area (Å²) in [7, 11) is 1.31. The summed E-state index contributed by atoms with van der Waals surface area (Å²) >= 11 is 1.34. The zero-order valence-corrected chi connectivity index (χ0v) is 16.2. The molecule has 0 spiro atoms. The number of methoxy groups -OCH3 is 1. The van der Waals surface area contributed by atoms with Gasteiger partial charge in [-0.25, -0.2) is 4.79 Å². The van der Waals surface area contributed by atoms with E-state index in [4.69, 9.17) is 4.74 Å². The quantitative estimate of drug-likeness (QED) is 0.685. The van der Waals surface area contributed by atoms with Crippen molar-refractivity contribution >= 4 is 45.5 Å². The molecule has 1 aromatic heterocycles. The van der Waals surface area contributed by atoms with E-state index in [0.29, 0.717) is 22.7 Å². The standard InChI is InChI=1S/C19H21N3O4S/c1-4-11-10(2)27-18(16(11)19(25)26-3)22-15(23)9-14-17(24)21-13-8-6-5-7-12(13)20-14/h5-8,14,20H,4,9H2,1-3H3,(H,21,24)(H,22,23)/t14-/m1/s1. The number of para-hydroxylation sites is 2. The Kier molecular flexibility index (Phi) is 5.46. The van der Waals surface area contributed by atoms with Crippen LogP contribution in [0.2, 0.25) is 0 Å². The molecule has 2 aromatic rings. The molecule has 0 unspecified atom stereocenters. The first-order valence-electron chi connectivity index (χ1n) is 8.61. The lowest BCUT2D eigenvalue weighted by atomic mass is 10.1. The fourth-order valence-corrected chi connectivity index (χ4v) is 4.26. The molecule has 0 aliphatic carbocycles. The predicted octanol–water partition coefficient (Wildman–Crippen LogP) is 3.17. The maximum absolute atomic E-state index is 12.5. The van der Waals surface area contributed by atoms with Crippen LogP contribution in [0.4, 0.5) is 16.4 Å². The molecule has 7 nitrogen and oxygen atoms in total. The average molecular weight is 387 g/mol. The lowest BCUT2D eigenvalue weighted by Gasteiger charge is -2.26. The number of esters is 1. The minimum atomic E-state index is -0.687. The Balaban J connectivity index is 1.75. The molecule has 0 saturated heterocycles. The smallest absolute Gasteiger partial charge is 0.341 e. The highest BCUT2D eigenvalue weighted by molar-refractivity contribution is 7.16. The summed E-state index contributed by atoms with van der Waals surface area (Å²) in [5, 5.41) is 9.09. The molecular weight excluding hydrogens is 366 g/mol. The number of hydrogen-bond donors (Lipinski definition) is 3. The molecule has 0 radical (unpaired) electrons. The largest absolute Gasteiger partial charge is 0.465 e. The van der Waals surface area contributed by atoms with Crippen LogP contribution in [-0.2, 0) is 20.7 Å². The third-order valence-electron chi connectivity index (χ3n) is 4.43. The number of thiophene rings is 1. The molecule has 2 amide bonds. The maximum Gasteiger partial charge on any atom is 0.341 e. The van der Waals surface area contributed by atoms with Crippen molar-refractivity contribution in [2.45, 2.75) is 32.7 Å². The van der Waals surface area contributed by atoms with Gasteiger partial charge in [0, 0.05) is 4.88 Å². The zero-order chi connectivity index (χ0) is 19.6. The third-order valence-corrected chi connectivity index (χ3v) is 5.49. The Hall–Kier alpha value is -2.87. The van der Waals surface area contributed by atoms with Crippen molar-refractivity contribution in [2.24, 2.45) is 0 Å². The Morgan fingerprint density at radius 3 is 2.63 bits per heavy atom. The maximum atomic E-state index is 12.5. The second kappa shape index (κ2) is 7.79. The minimum Gasteiger partial charge on any atom is -0.465 e. The lowest BCUT2D eigenvalue weighted by molar-refractivity contribution is -0.122. The summed E-state index contributed by atoms with van der Waals surface area (Å²) < 4.78 is 4.86. The van der Waals surface area contributed by atoms with Crippen molar-refractivity contribution < 1.29 is 19.1 Å². The highest BCUT2D eigenvalue weighted by Crippen LogP contribution is 2.34. The first-order chi connectivity index (χ1) is 12.9. The number of carbonyl (C=O) groups excluding carboxylic acids is 3. The van der Waals surface area contributed by atoms with E-state index >= 15 is 0 Å². The molecular formula is C19H21N3O4S. The number of fused-ring (bicyclic) bond motifs is 1. The van der Waals surface area contributed by atoms with Crippen molar-refractivity contribution in [3.05, 3.63) is 40.3 Å². The van der Waals surface area contributed by atoms with Gasteiger partial charge in [-0.3, -0.25) is 9.59 Å². The molecule has 3 N–H and O–H groups in total. The van der Waals surface area contributed by atoms with Gasteiger partial charge in [0.15, 0.2) is 0 Å². The number of aryl methyl sites for hydroxylation is 1. The summed E-state index contributed by atoms with van der Waals surface area (Å²) in [6.45, 7) is 3.85. The first-order valence-corrected chi connectivity index (χ1v) is 9.43. The molecule has 8 heteroatoms. The number of benzene rings is 1. The van der Waals surface area contributed by atoms with E-state index in [2.05, 4.69) is 16.0 Å². The van der Waals surface area contributed by atoms with E-state index in [1.165, 1.54) is 18.4 Å². The van der Waals surface area contributed by atoms with Gasteiger partial charge in [-0.05, 0) is 31.0 Å². The van der Waals surface area contributed by atoms with Crippen LogP contribution in [0.15, 0.2) is 24.3 Å². The van der Waals surface area contributed by atoms with E-state index in [1.807, 2.05) is 32.0 Å². The zero-order valence-electron chi connectivity index (χ0n) is 15.3. The van der Waals surface area contributed by atoms with Crippen molar-refractivity contribution in [2.75, 3.05) is 23.1 Å². The van der Waals surface area contributed by atoms with Gasteiger partial charge in [0.1, 0.15) is 11.0 Å². The number of hydrogen-bond acceptors (Lipinski definition) is 6. The van der Waals surface area contributed by atoms with E-state index in [9.17, 15) is 14.4 Å². The van der Waals surface area contributed by atoms with E-state index < -0.39 is 12.0 Å². The Bertz CT molecular complexity index is 906. The van der Waals surface area contributed by atoms with Crippen LogP contribution in [0, 0.1) is 6.92 Å². The van der Waals surface area contributed by atoms with Gasteiger partial charge in [-0.15, -0.1) is 11.3 Å². The highest BCUT2D eigenvalue weighted by atomic mass is 32.1. The van der Waals surface area contributed by atoms with Gasteiger partial charge in [0.25, 0.3) is 0 Å². The van der Waals surface area contributed by atoms with Gasteiger partial charge in [-0.2, -0.15) is 0 Å². The van der Waals surface area contributed by atoms with Gasteiger partial charge in [0.2, 0.25) is 11.8 Å². The average Bonchev–Trinajstić information content (AvgIpc) is 2.96. The molecule has 3 rings (SSSR count). The fraction of sp³-hybridized carbons (Fsp3) is 0.316. The van der Waals surface area contributed by atoms with E-state index in [0.717, 1.165) is 16.1 Å². The number of carbonyl (C=O) groups is 3. The fourth-order valence-electron chi connectivity index (χ4n) is 3.11. The Morgan fingerprint density at radius 1 is 1.26 bits per heavy atom. The second-order valence-corrected chi connectivity index (χ2v) is 7.39. The van der Waals surface area contributed by atoms with Crippen molar-refractivity contribution in [1.29, 1.82) is 0 Å². The number of amides is 2. The van der Waals surface area contributed by atoms with Crippen LogP contribution >= 0.6 is 11.3 Å². The van der Waals surface area contributed by atoms with Gasteiger partial charge in [-0.1, -0.05) is 19.1 Å². The normalized spacial score (nSPS) is 15.4. The summed E-state index contributed by atoms with van der Waals surface area (Å²) in [5.74, 6) is -1.10. The molecule has 1 atom stereocenters. The van der Waals surface area contributed by atoms with Crippen LogP contribution in [0.5, 0.6) is 0 Å². The molecule has 1 aliphatic rings. The number of nitrogens with one attached hydrogen (secondary N) is 3. The summed E-state index contributed by atoms with van der Waals surface area (Å²) in [6.07, 6.45) is 0.602. The Morgan fingerprint density at radius 2 is 1.96 bits per heavy atom. The van der Waals surface area contributed by atoms with Crippen LogP contribution < -0.4 is 16.0 Å². The van der Waals surface area contributed by atoms with Gasteiger partial charge < -0.3 is 20.7 Å². The topological polar surface area (TPSA) is 96.5 Å². The van der Waals surface area contributed by atoms with Crippen LogP contribution in [0.1, 0.15) is 34.1 Å². The minimum absolute atomic E-state index is 0.0564. The molecule has 1 aromatic carbocycles. The monoisotopic (exact) mass is 387 g/mol. The van der Waals surface area contributed by atoms with Gasteiger partial charge in [0.05, 0.1) is 30.5 Å². The van der Waals surface area contributed by atoms with Gasteiger partial charge >= 0.3 is 5.97 Å². The van der Waals surface area contributed by atoms with Crippen LogP contribution in [0.25, 0.3) is 0 Å². The summed E-state index contributed by atoms with van der Waals surface area (Å²) in [5.41, 5.74) is 2.71. The van der Waals surface area contributed by atoms with Crippen LogP contribution in [-0.4, -0.2) is 30.9 Å². The lowest BCUT2D eigenvalue weighted by Crippen LogP contribution is -2.41.